The van der Waals surface area contributed by atoms with Gasteiger partial charge in [0, 0.05) is 6.20 Å². The molecule has 2 N–H and O–H groups in total. The average Bonchev–Trinajstić information content (AvgIpc) is 3.66. The second kappa shape index (κ2) is 11.5. The molecular formula is C28H34FN5O4. The molecule has 5 rings (SSSR count). The van der Waals surface area contributed by atoms with E-state index in [-0.39, 0.29) is 18.2 Å². The van der Waals surface area contributed by atoms with Crippen molar-refractivity contribution in [3.8, 4) is 11.5 Å². The molecular weight excluding hydrogens is 489 g/mol. The normalized spacial score (nSPS) is 18.3. The Hall–Kier alpha value is -3.53. The Balaban J connectivity index is 1.14. The van der Waals surface area contributed by atoms with Crippen LogP contribution in [0.1, 0.15) is 63.1 Å². The molecule has 0 radical (unpaired) electrons. The molecule has 0 spiro atoms. The van der Waals surface area contributed by atoms with Crippen molar-refractivity contribution in [2.75, 3.05) is 11.9 Å². The monoisotopic (exact) mass is 523 g/mol. The first-order valence-electron chi connectivity index (χ1n) is 13.4. The fourth-order valence-corrected chi connectivity index (χ4v) is 4.64. The third-order valence-corrected chi connectivity index (χ3v) is 7.31. The Morgan fingerprint density at radius 1 is 1.26 bits per heavy atom. The van der Waals surface area contributed by atoms with E-state index in [2.05, 4.69) is 20.6 Å². The lowest BCUT2D eigenvalue weighted by molar-refractivity contribution is -0.123. The minimum absolute atomic E-state index is 0.167. The molecule has 1 unspecified atom stereocenters. The molecule has 1 saturated carbocycles. The number of rotatable bonds is 13. The van der Waals surface area contributed by atoms with Crippen LogP contribution >= 0.6 is 0 Å². The fraction of sp³-hybridized carbons (Fsp3) is 0.500. The number of anilines is 1. The second-order valence-corrected chi connectivity index (χ2v) is 10.2. The summed E-state index contributed by atoms with van der Waals surface area (Å²) in [6.45, 7) is 2.60. The van der Waals surface area contributed by atoms with Gasteiger partial charge in [0.15, 0.2) is 29.2 Å². The van der Waals surface area contributed by atoms with Crippen LogP contribution in [0.5, 0.6) is 11.5 Å². The van der Waals surface area contributed by atoms with Crippen LogP contribution in [-0.2, 0) is 23.4 Å². The number of hydrogen-bond acceptors (Lipinski definition) is 7. The van der Waals surface area contributed by atoms with Crippen molar-refractivity contribution in [2.45, 2.75) is 76.5 Å². The van der Waals surface area contributed by atoms with Crippen molar-refractivity contribution in [2.24, 2.45) is 5.92 Å². The summed E-state index contributed by atoms with van der Waals surface area (Å²) in [5.41, 5.74) is 0.261. The van der Waals surface area contributed by atoms with E-state index in [9.17, 15) is 14.3 Å². The number of carbonyl (C=O) groups excluding carboxylic acids is 1. The molecule has 1 amide bonds. The quantitative estimate of drug-likeness (QED) is 0.320. The van der Waals surface area contributed by atoms with Crippen LogP contribution in [0.15, 0.2) is 42.7 Å². The van der Waals surface area contributed by atoms with Crippen molar-refractivity contribution in [1.29, 1.82) is 0 Å². The Bertz CT molecular complexity index is 1260. The van der Waals surface area contributed by atoms with Gasteiger partial charge in [0.2, 0.25) is 0 Å². The predicted molar refractivity (Wildman–Crippen MR) is 138 cm³/mol. The molecule has 3 aromatic rings. The van der Waals surface area contributed by atoms with Crippen LogP contribution in [0.2, 0.25) is 0 Å². The van der Waals surface area contributed by atoms with E-state index < -0.39 is 17.5 Å². The van der Waals surface area contributed by atoms with Crippen molar-refractivity contribution in [1.82, 2.24) is 20.0 Å². The van der Waals surface area contributed by atoms with E-state index in [1.54, 1.807) is 41.3 Å². The molecule has 1 aliphatic carbocycles. The largest absolute Gasteiger partial charge is 0.490 e. The van der Waals surface area contributed by atoms with Gasteiger partial charge >= 0.3 is 0 Å². The number of pyridine rings is 1. The molecule has 10 heteroatoms. The maximum absolute atomic E-state index is 14.3. The zero-order valence-electron chi connectivity index (χ0n) is 21.6. The number of ether oxygens (including phenoxy) is 2. The number of nitrogens with one attached hydrogen (secondary N) is 1. The van der Waals surface area contributed by atoms with Gasteiger partial charge in [-0.1, -0.05) is 24.6 Å². The highest BCUT2D eigenvalue weighted by Gasteiger charge is 2.31. The number of unbranched alkanes of at least 4 members (excludes halogenated alkanes) is 2. The highest BCUT2D eigenvalue weighted by Crippen LogP contribution is 2.34. The lowest BCUT2D eigenvalue weighted by Gasteiger charge is -2.28. The van der Waals surface area contributed by atoms with Gasteiger partial charge in [-0.25, -0.2) is 14.1 Å². The number of benzene rings is 1. The van der Waals surface area contributed by atoms with Crippen molar-refractivity contribution < 1.29 is 23.8 Å². The Kier molecular flexibility index (Phi) is 7.87. The van der Waals surface area contributed by atoms with Crippen molar-refractivity contribution in [3.63, 3.8) is 0 Å². The summed E-state index contributed by atoms with van der Waals surface area (Å²) in [5, 5.41) is 22.6. The van der Waals surface area contributed by atoms with E-state index in [0.29, 0.717) is 42.5 Å². The first kappa shape index (κ1) is 26.1. The third-order valence-electron chi connectivity index (χ3n) is 7.31. The SMILES string of the molecule is CC[C@@](O)(Cn1nncc1CCCCCC1Oc2cccnc2NC1=O)c1ccc(F)c(OCC2CC2)c1. The number of aryl methyl sites for hydroxylation is 1. The summed E-state index contributed by atoms with van der Waals surface area (Å²) in [6.07, 6.45) is 9.41. The minimum atomic E-state index is -1.25. The molecule has 3 heterocycles. The van der Waals surface area contributed by atoms with E-state index in [0.717, 1.165) is 44.2 Å². The Morgan fingerprint density at radius 2 is 2.13 bits per heavy atom. The molecule has 1 aliphatic heterocycles. The van der Waals surface area contributed by atoms with Gasteiger partial charge in [0.05, 0.1) is 25.0 Å². The van der Waals surface area contributed by atoms with E-state index >= 15 is 0 Å². The Morgan fingerprint density at radius 3 is 2.95 bits per heavy atom. The zero-order chi connectivity index (χ0) is 26.5. The fourth-order valence-electron chi connectivity index (χ4n) is 4.64. The number of hydrogen-bond donors (Lipinski definition) is 2. The maximum Gasteiger partial charge on any atom is 0.266 e. The van der Waals surface area contributed by atoms with E-state index in [4.69, 9.17) is 9.47 Å². The number of carbonyl (C=O) groups is 1. The van der Waals surface area contributed by atoms with Crippen molar-refractivity contribution >= 4 is 11.7 Å². The van der Waals surface area contributed by atoms with Gasteiger partial charge in [-0.05, 0) is 80.7 Å². The summed E-state index contributed by atoms with van der Waals surface area (Å²) in [5.74, 6) is 1.14. The molecule has 2 aromatic heterocycles. The standard InChI is InChI=1S/C28H34FN5O4/c1-2-28(36,20-12-13-22(29)25(15-20)37-17-19-10-11-19)18-34-21(16-31-33-34)7-4-3-5-8-24-27(35)32-26-23(38-24)9-6-14-30-26/h6,9,12-16,19,24,36H,2-5,7-8,10-11,17-18H2,1H3,(H,30,32,35)/t24?,28-/m1/s1. The summed E-state index contributed by atoms with van der Waals surface area (Å²) < 4.78 is 27.5. The number of aromatic nitrogens is 4. The molecule has 38 heavy (non-hydrogen) atoms. The lowest BCUT2D eigenvalue weighted by Crippen LogP contribution is -2.37. The van der Waals surface area contributed by atoms with Crippen LogP contribution in [0.25, 0.3) is 0 Å². The van der Waals surface area contributed by atoms with Gasteiger partial charge in [-0.15, -0.1) is 5.10 Å². The molecule has 1 fully saturated rings. The molecule has 9 nitrogen and oxygen atoms in total. The van der Waals surface area contributed by atoms with Crippen LogP contribution in [-0.4, -0.2) is 43.7 Å². The highest BCUT2D eigenvalue weighted by atomic mass is 19.1. The predicted octanol–water partition coefficient (Wildman–Crippen LogP) is 4.40. The molecule has 2 atom stereocenters. The van der Waals surface area contributed by atoms with E-state index in [1.807, 2.05) is 6.92 Å². The van der Waals surface area contributed by atoms with Crippen LogP contribution in [0.3, 0.4) is 0 Å². The summed E-state index contributed by atoms with van der Waals surface area (Å²) in [4.78, 5) is 16.4. The van der Waals surface area contributed by atoms with Crippen LogP contribution in [0, 0.1) is 11.7 Å². The molecule has 0 bridgehead atoms. The highest BCUT2D eigenvalue weighted by molar-refractivity contribution is 5.96. The Labute approximate surface area is 221 Å². The lowest BCUT2D eigenvalue weighted by atomic mass is 9.90. The van der Waals surface area contributed by atoms with Crippen molar-refractivity contribution in [3.05, 3.63) is 59.8 Å². The van der Waals surface area contributed by atoms with Gasteiger partial charge in [0.25, 0.3) is 5.91 Å². The molecule has 2 aliphatic rings. The number of nitrogens with zero attached hydrogens (tertiary/aromatic N) is 4. The van der Waals surface area contributed by atoms with Crippen LogP contribution < -0.4 is 14.8 Å². The molecule has 0 saturated heterocycles. The summed E-state index contributed by atoms with van der Waals surface area (Å²) >= 11 is 0. The number of amides is 1. The molecule has 1 aromatic carbocycles. The maximum atomic E-state index is 14.3. The number of halogens is 1. The van der Waals surface area contributed by atoms with E-state index in [1.165, 1.54) is 6.07 Å². The van der Waals surface area contributed by atoms with Crippen LogP contribution in [0.4, 0.5) is 10.2 Å². The minimum Gasteiger partial charge on any atom is -0.490 e. The first-order chi connectivity index (χ1) is 18.4. The first-order valence-corrected chi connectivity index (χ1v) is 13.4. The average molecular weight is 524 g/mol. The third kappa shape index (κ3) is 6.12. The molecule has 202 valence electrons. The van der Waals surface area contributed by atoms with Gasteiger partial charge in [0.1, 0.15) is 5.60 Å². The summed E-state index contributed by atoms with van der Waals surface area (Å²) in [6, 6.07) is 8.15. The second-order valence-electron chi connectivity index (χ2n) is 10.2. The zero-order valence-corrected chi connectivity index (χ0v) is 21.6. The van der Waals surface area contributed by atoms with Gasteiger partial charge < -0.3 is 19.9 Å². The number of aliphatic hydroxyl groups is 1. The summed E-state index contributed by atoms with van der Waals surface area (Å²) in [7, 11) is 0. The topological polar surface area (TPSA) is 111 Å². The van der Waals surface area contributed by atoms with Gasteiger partial charge in [-0.3, -0.25) is 4.79 Å². The van der Waals surface area contributed by atoms with Gasteiger partial charge in [-0.2, -0.15) is 0 Å². The smallest absolute Gasteiger partial charge is 0.266 e. The number of fused-ring (bicyclic) bond motifs is 1.